The number of nitrogens with one attached hydrogen (secondary N) is 1. The number of likely N-dealkylation sites (tertiary alicyclic amines) is 1. The average Bonchev–Trinajstić information content (AvgIpc) is 3.22. The summed E-state index contributed by atoms with van der Waals surface area (Å²) >= 11 is 0. The maximum atomic E-state index is 12.6. The van der Waals surface area contributed by atoms with E-state index in [-0.39, 0.29) is 23.9 Å². The molecule has 1 fully saturated rings. The van der Waals surface area contributed by atoms with E-state index in [1.807, 2.05) is 39.8 Å². The third kappa shape index (κ3) is 3.75. The molecule has 0 aliphatic carbocycles. The number of imidazole rings is 1. The molecule has 1 aliphatic rings. The van der Waals surface area contributed by atoms with E-state index in [2.05, 4.69) is 35.8 Å². The first-order valence-corrected chi connectivity index (χ1v) is 10.2. The molecule has 7 heteroatoms. The fraction of sp³-hybridized carbons (Fsp3) is 0.348. The van der Waals surface area contributed by atoms with Gasteiger partial charge in [0.1, 0.15) is 5.65 Å². The lowest BCUT2D eigenvalue weighted by atomic mass is 9.70. The first-order chi connectivity index (χ1) is 14.5. The Hall–Kier alpha value is -3.35. The minimum absolute atomic E-state index is 0.0176. The zero-order valence-corrected chi connectivity index (χ0v) is 17.4. The number of amides is 3. The highest BCUT2D eigenvalue weighted by molar-refractivity contribution is 5.84. The average molecular weight is 406 g/mol. The molecule has 1 saturated heterocycles. The van der Waals surface area contributed by atoms with E-state index < -0.39 is 0 Å². The number of rotatable bonds is 4. The van der Waals surface area contributed by atoms with Crippen LogP contribution < -0.4 is 5.32 Å². The predicted octanol–water partition coefficient (Wildman–Crippen LogP) is 2.51. The van der Waals surface area contributed by atoms with E-state index in [0.717, 1.165) is 24.2 Å². The Morgan fingerprint density at radius 1 is 1.07 bits per heavy atom. The van der Waals surface area contributed by atoms with Crippen LogP contribution in [0.1, 0.15) is 24.1 Å². The van der Waals surface area contributed by atoms with Gasteiger partial charge in [-0.05, 0) is 30.5 Å². The minimum atomic E-state index is -0.260. The molecule has 0 unspecified atom stereocenters. The number of hydrogen-bond acceptors (Lipinski definition) is 3. The monoisotopic (exact) mass is 405 g/mol. The molecule has 3 aromatic rings. The van der Waals surface area contributed by atoms with Crippen molar-refractivity contribution < 1.29 is 9.59 Å². The van der Waals surface area contributed by atoms with Crippen molar-refractivity contribution in [2.24, 2.45) is 0 Å². The van der Waals surface area contributed by atoms with Gasteiger partial charge < -0.3 is 19.5 Å². The Kier molecular flexibility index (Phi) is 5.44. The third-order valence-electron chi connectivity index (χ3n) is 5.95. The van der Waals surface area contributed by atoms with Crippen LogP contribution in [0.15, 0.2) is 60.9 Å². The summed E-state index contributed by atoms with van der Waals surface area (Å²) in [6, 6.07) is 16.2. The summed E-state index contributed by atoms with van der Waals surface area (Å²) < 4.78 is 2.05. The second kappa shape index (κ2) is 8.18. The van der Waals surface area contributed by atoms with Gasteiger partial charge in [0.2, 0.25) is 5.91 Å². The molecule has 0 atom stereocenters. The largest absolute Gasteiger partial charge is 0.341 e. The summed E-state index contributed by atoms with van der Waals surface area (Å²) in [5.74, 6) is -0.0538. The van der Waals surface area contributed by atoms with Gasteiger partial charge in [0.25, 0.3) is 0 Å². The van der Waals surface area contributed by atoms with E-state index in [1.54, 1.807) is 14.1 Å². The van der Waals surface area contributed by atoms with Gasteiger partial charge >= 0.3 is 6.03 Å². The van der Waals surface area contributed by atoms with Gasteiger partial charge in [-0.25, -0.2) is 9.78 Å². The summed E-state index contributed by atoms with van der Waals surface area (Å²) in [7, 11) is 3.31. The summed E-state index contributed by atoms with van der Waals surface area (Å²) in [5.41, 5.74) is 2.94. The van der Waals surface area contributed by atoms with Crippen molar-refractivity contribution in [2.45, 2.75) is 18.3 Å². The van der Waals surface area contributed by atoms with Crippen molar-refractivity contribution in [1.82, 2.24) is 24.5 Å². The van der Waals surface area contributed by atoms with E-state index in [1.165, 1.54) is 10.5 Å². The summed E-state index contributed by atoms with van der Waals surface area (Å²) in [6.07, 6.45) is 5.69. The predicted molar refractivity (Wildman–Crippen MR) is 115 cm³/mol. The first kappa shape index (κ1) is 19.9. The highest BCUT2D eigenvalue weighted by Crippen LogP contribution is 2.41. The van der Waals surface area contributed by atoms with Crippen LogP contribution in [0.2, 0.25) is 0 Å². The van der Waals surface area contributed by atoms with E-state index in [4.69, 9.17) is 4.98 Å². The molecule has 3 heterocycles. The van der Waals surface area contributed by atoms with Gasteiger partial charge in [0.05, 0.1) is 12.2 Å². The fourth-order valence-corrected chi connectivity index (χ4v) is 4.17. The zero-order chi connectivity index (χ0) is 21.1. The molecule has 0 saturated carbocycles. The van der Waals surface area contributed by atoms with Crippen LogP contribution in [0.3, 0.4) is 0 Å². The van der Waals surface area contributed by atoms with Crippen LogP contribution in [-0.2, 0) is 10.2 Å². The number of nitrogens with zero attached hydrogens (tertiary/aromatic N) is 4. The number of fused-ring (bicyclic) bond motifs is 1. The Morgan fingerprint density at radius 3 is 2.43 bits per heavy atom. The topological polar surface area (TPSA) is 70.0 Å². The van der Waals surface area contributed by atoms with Crippen molar-refractivity contribution in [3.63, 3.8) is 0 Å². The maximum absolute atomic E-state index is 12.6. The van der Waals surface area contributed by atoms with Crippen molar-refractivity contribution in [2.75, 3.05) is 33.7 Å². The molecule has 156 valence electrons. The molecule has 4 rings (SSSR count). The summed E-state index contributed by atoms with van der Waals surface area (Å²) in [6.45, 7) is 1.27. The molecule has 0 radical (unpaired) electrons. The van der Waals surface area contributed by atoms with Crippen LogP contribution in [0.4, 0.5) is 4.79 Å². The van der Waals surface area contributed by atoms with Crippen molar-refractivity contribution in [3.8, 4) is 0 Å². The number of urea groups is 1. The number of piperidine rings is 1. The van der Waals surface area contributed by atoms with E-state index >= 15 is 0 Å². The van der Waals surface area contributed by atoms with Crippen LogP contribution in [-0.4, -0.2) is 64.9 Å². The molecule has 0 bridgehead atoms. The van der Waals surface area contributed by atoms with Gasteiger partial charge in [-0.2, -0.15) is 0 Å². The lowest BCUT2D eigenvalue weighted by molar-refractivity contribution is -0.131. The zero-order valence-electron chi connectivity index (χ0n) is 17.4. The van der Waals surface area contributed by atoms with Crippen LogP contribution in [0.5, 0.6) is 0 Å². The smallest absolute Gasteiger partial charge is 0.317 e. The SMILES string of the molecule is CN(C)C(=O)NCC(=O)N1CCC(c2ccccc2)(c2cn3ccccc3n2)CC1. The Morgan fingerprint density at radius 2 is 1.77 bits per heavy atom. The fourth-order valence-electron chi connectivity index (χ4n) is 4.17. The third-order valence-corrected chi connectivity index (χ3v) is 5.95. The molecule has 1 aliphatic heterocycles. The summed E-state index contributed by atoms with van der Waals surface area (Å²) in [5, 5.41) is 2.66. The minimum Gasteiger partial charge on any atom is -0.341 e. The van der Waals surface area contributed by atoms with Crippen molar-refractivity contribution >= 4 is 17.6 Å². The second-order valence-corrected chi connectivity index (χ2v) is 7.97. The van der Waals surface area contributed by atoms with Gasteiger partial charge in [-0.15, -0.1) is 0 Å². The Balaban J connectivity index is 1.56. The number of hydrogen-bond donors (Lipinski definition) is 1. The van der Waals surface area contributed by atoms with Gasteiger partial charge in [-0.3, -0.25) is 4.79 Å². The highest BCUT2D eigenvalue weighted by Gasteiger charge is 2.40. The van der Waals surface area contributed by atoms with Crippen LogP contribution in [0, 0.1) is 0 Å². The number of benzene rings is 1. The Labute approximate surface area is 176 Å². The van der Waals surface area contributed by atoms with Crippen molar-refractivity contribution in [3.05, 3.63) is 72.2 Å². The molecule has 30 heavy (non-hydrogen) atoms. The number of carbonyl (C=O) groups excluding carboxylic acids is 2. The molecule has 3 amide bonds. The van der Waals surface area contributed by atoms with Gasteiger partial charge in [0, 0.05) is 45.0 Å². The molecule has 1 aromatic carbocycles. The molecule has 2 aromatic heterocycles. The second-order valence-electron chi connectivity index (χ2n) is 7.97. The normalized spacial score (nSPS) is 15.7. The number of carbonyl (C=O) groups is 2. The Bertz CT molecular complexity index is 1000. The van der Waals surface area contributed by atoms with E-state index in [0.29, 0.717) is 13.1 Å². The van der Waals surface area contributed by atoms with Crippen LogP contribution >= 0.6 is 0 Å². The summed E-state index contributed by atoms with van der Waals surface area (Å²) in [4.78, 5) is 32.5. The lowest BCUT2D eigenvalue weighted by Gasteiger charge is -2.41. The number of pyridine rings is 1. The maximum Gasteiger partial charge on any atom is 0.317 e. The number of aromatic nitrogens is 2. The lowest BCUT2D eigenvalue weighted by Crippen LogP contribution is -2.49. The first-order valence-electron chi connectivity index (χ1n) is 10.2. The van der Waals surface area contributed by atoms with E-state index in [9.17, 15) is 9.59 Å². The molecule has 0 spiro atoms. The standard InChI is InChI=1S/C23H27N5O2/c1-26(2)22(30)24-16-21(29)27-14-11-23(12-15-27,18-8-4-3-5-9-18)19-17-28-13-7-6-10-20(28)25-19/h3-10,13,17H,11-12,14-16H2,1-2H3,(H,24,30). The quantitative estimate of drug-likeness (QED) is 0.725. The molecular formula is C23H27N5O2. The van der Waals surface area contributed by atoms with Crippen molar-refractivity contribution in [1.29, 1.82) is 0 Å². The molecule has 1 N–H and O–H groups in total. The molecular weight excluding hydrogens is 378 g/mol. The van der Waals surface area contributed by atoms with Crippen LogP contribution in [0.25, 0.3) is 5.65 Å². The van der Waals surface area contributed by atoms with Gasteiger partial charge in [-0.1, -0.05) is 36.4 Å². The highest BCUT2D eigenvalue weighted by atomic mass is 16.2. The van der Waals surface area contributed by atoms with Gasteiger partial charge in [0.15, 0.2) is 0 Å². The molecule has 7 nitrogen and oxygen atoms in total.